The summed E-state index contributed by atoms with van der Waals surface area (Å²) in [6.45, 7) is 3.52. The SMILES string of the molecule is Cc1cnn(C[C@@H]2CCCN2C(=O)c2cnn3cccnc23)c1. The fourth-order valence-corrected chi connectivity index (χ4v) is 3.21. The van der Waals surface area contributed by atoms with Gasteiger partial charge in [0, 0.05) is 25.1 Å². The molecule has 7 nitrogen and oxygen atoms in total. The van der Waals surface area contributed by atoms with Crippen LogP contribution in [0.4, 0.5) is 0 Å². The molecule has 3 aromatic rings. The van der Waals surface area contributed by atoms with Gasteiger partial charge in [-0.1, -0.05) is 0 Å². The average Bonchev–Trinajstić information content (AvgIpc) is 3.27. The zero-order valence-electron chi connectivity index (χ0n) is 13.0. The molecule has 1 fully saturated rings. The van der Waals surface area contributed by atoms with Crippen molar-refractivity contribution < 1.29 is 4.79 Å². The third-order valence-electron chi connectivity index (χ3n) is 4.31. The zero-order chi connectivity index (χ0) is 15.8. The second-order valence-electron chi connectivity index (χ2n) is 5.98. The normalized spacial score (nSPS) is 18.0. The molecule has 0 unspecified atom stereocenters. The predicted octanol–water partition coefficient (Wildman–Crippen LogP) is 1.54. The first-order valence-electron chi connectivity index (χ1n) is 7.81. The number of rotatable bonds is 3. The van der Waals surface area contributed by atoms with E-state index in [-0.39, 0.29) is 11.9 Å². The molecule has 3 aromatic heterocycles. The van der Waals surface area contributed by atoms with E-state index < -0.39 is 0 Å². The van der Waals surface area contributed by atoms with Crippen LogP contribution < -0.4 is 0 Å². The molecule has 0 aliphatic carbocycles. The Bertz CT molecular complexity index is 851. The van der Waals surface area contributed by atoms with Crippen molar-refractivity contribution >= 4 is 11.6 Å². The highest BCUT2D eigenvalue weighted by Gasteiger charge is 2.31. The Morgan fingerprint density at radius 2 is 2.26 bits per heavy atom. The van der Waals surface area contributed by atoms with Crippen molar-refractivity contribution in [2.45, 2.75) is 32.4 Å². The number of aromatic nitrogens is 5. The van der Waals surface area contributed by atoms with Gasteiger partial charge in [0.15, 0.2) is 5.65 Å². The van der Waals surface area contributed by atoms with E-state index in [1.807, 2.05) is 28.9 Å². The lowest BCUT2D eigenvalue weighted by molar-refractivity contribution is 0.0723. The quantitative estimate of drug-likeness (QED) is 0.736. The number of likely N-dealkylation sites (tertiary alicyclic amines) is 1. The first-order chi connectivity index (χ1) is 11.2. The van der Waals surface area contributed by atoms with Crippen LogP contribution in [0.1, 0.15) is 28.8 Å². The first kappa shape index (κ1) is 13.9. The number of fused-ring (bicyclic) bond motifs is 1. The lowest BCUT2D eigenvalue weighted by atomic mass is 10.2. The first-order valence-corrected chi connectivity index (χ1v) is 7.81. The van der Waals surface area contributed by atoms with Crippen LogP contribution >= 0.6 is 0 Å². The molecule has 0 radical (unpaired) electrons. The number of aryl methyl sites for hydroxylation is 1. The second-order valence-corrected chi connectivity index (χ2v) is 5.98. The number of hydrogen-bond acceptors (Lipinski definition) is 4. The fraction of sp³-hybridized carbons (Fsp3) is 0.375. The van der Waals surface area contributed by atoms with E-state index in [4.69, 9.17) is 0 Å². The number of carbonyl (C=O) groups excluding carboxylic acids is 1. The van der Waals surface area contributed by atoms with Crippen LogP contribution in [0.25, 0.3) is 5.65 Å². The minimum absolute atomic E-state index is 0.00470. The van der Waals surface area contributed by atoms with Crippen LogP contribution in [-0.4, -0.2) is 47.8 Å². The molecule has 23 heavy (non-hydrogen) atoms. The molecule has 0 bridgehead atoms. The Morgan fingerprint density at radius 3 is 3.09 bits per heavy atom. The van der Waals surface area contributed by atoms with Gasteiger partial charge in [0.2, 0.25) is 0 Å². The molecule has 1 saturated heterocycles. The number of nitrogens with zero attached hydrogens (tertiary/aromatic N) is 6. The maximum absolute atomic E-state index is 12.9. The molecule has 1 aliphatic heterocycles. The van der Waals surface area contributed by atoms with Gasteiger partial charge in [0.1, 0.15) is 5.56 Å². The third-order valence-corrected chi connectivity index (χ3v) is 4.31. The summed E-state index contributed by atoms with van der Waals surface area (Å²) in [5, 5.41) is 8.55. The molecule has 0 aromatic carbocycles. The Kier molecular flexibility index (Phi) is 3.33. The summed E-state index contributed by atoms with van der Waals surface area (Å²) in [6, 6.07) is 1.97. The standard InChI is InChI=1S/C16H18N6O/c1-12-8-18-20(10-12)11-13-4-2-6-21(13)16(23)14-9-19-22-7-3-5-17-15(14)22/h3,5,7-10,13H,2,4,6,11H2,1H3/t13-/m0/s1. The van der Waals surface area contributed by atoms with Crippen molar-refractivity contribution in [2.24, 2.45) is 0 Å². The van der Waals surface area contributed by atoms with Crippen molar-refractivity contribution in [1.29, 1.82) is 0 Å². The van der Waals surface area contributed by atoms with E-state index in [0.717, 1.165) is 31.5 Å². The lowest BCUT2D eigenvalue weighted by Gasteiger charge is -2.24. The van der Waals surface area contributed by atoms with E-state index in [1.54, 1.807) is 29.2 Å². The average molecular weight is 310 g/mol. The van der Waals surface area contributed by atoms with Crippen LogP contribution in [0.15, 0.2) is 37.1 Å². The van der Waals surface area contributed by atoms with E-state index in [0.29, 0.717) is 11.2 Å². The van der Waals surface area contributed by atoms with Gasteiger partial charge < -0.3 is 4.90 Å². The highest BCUT2D eigenvalue weighted by molar-refractivity contribution is 5.99. The summed E-state index contributed by atoms with van der Waals surface area (Å²) < 4.78 is 3.55. The smallest absolute Gasteiger partial charge is 0.259 e. The van der Waals surface area contributed by atoms with Gasteiger partial charge in [-0.05, 0) is 31.4 Å². The molecule has 0 N–H and O–H groups in total. The highest BCUT2D eigenvalue weighted by Crippen LogP contribution is 2.22. The lowest BCUT2D eigenvalue weighted by Crippen LogP contribution is -2.38. The minimum atomic E-state index is 0.00470. The zero-order valence-corrected chi connectivity index (χ0v) is 13.0. The topological polar surface area (TPSA) is 68.3 Å². The summed E-state index contributed by atoms with van der Waals surface area (Å²) in [4.78, 5) is 19.1. The van der Waals surface area contributed by atoms with Crippen LogP contribution in [-0.2, 0) is 6.54 Å². The van der Waals surface area contributed by atoms with Gasteiger partial charge in [-0.2, -0.15) is 10.2 Å². The molecule has 0 saturated carbocycles. The van der Waals surface area contributed by atoms with E-state index >= 15 is 0 Å². The number of amides is 1. The van der Waals surface area contributed by atoms with Crippen LogP contribution in [0.5, 0.6) is 0 Å². The summed E-state index contributed by atoms with van der Waals surface area (Å²) in [7, 11) is 0. The molecule has 0 spiro atoms. The van der Waals surface area contributed by atoms with Crippen molar-refractivity contribution in [3.8, 4) is 0 Å². The van der Waals surface area contributed by atoms with Crippen LogP contribution in [0, 0.1) is 6.92 Å². The largest absolute Gasteiger partial charge is 0.334 e. The van der Waals surface area contributed by atoms with Gasteiger partial charge >= 0.3 is 0 Å². The van der Waals surface area contributed by atoms with Gasteiger partial charge in [-0.25, -0.2) is 9.50 Å². The maximum Gasteiger partial charge on any atom is 0.259 e. The Balaban J connectivity index is 1.59. The van der Waals surface area contributed by atoms with Crippen LogP contribution in [0.2, 0.25) is 0 Å². The molecule has 1 aliphatic rings. The van der Waals surface area contributed by atoms with Crippen LogP contribution in [0.3, 0.4) is 0 Å². The van der Waals surface area contributed by atoms with Gasteiger partial charge in [-0.15, -0.1) is 0 Å². The number of carbonyl (C=O) groups is 1. The van der Waals surface area contributed by atoms with Crippen molar-refractivity contribution in [1.82, 2.24) is 29.3 Å². The fourth-order valence-electron chi connectivity index (χ4n) is 3.21. The summed E-state index contributed by atoms with van der Waals surface area (Å²) >= 11 is 0. The third kappa shape index (κ3) is 2.48. The van der Waals surface area contributed by atoms with E-state index in [1.165, 1.54) is 0 Å². The Labute approximate surface area is 133 Å². The molecule has 4 rings (SSSR count). The van der Waals surface area contributed by atoms with Gasteiger partial charge in [-0.3, -0.25) is 9.48 Å². The van der Waals surface area contributed by atoms with Gasteiger partial charge in [0.05, 0.1) is 25.0 Å². The van der Waals surface area contributed by atoms with Crippen molar-refractivity contribution in [2.75, 3.05) is 6.54 Å². The Hall–Kier alpha value is -2.70. The molecule has 7 heteroatoms. The van der Waals surface area contributed by atoms with Gasteiger partial charge in [0.25, 0.3) is 5.91 Å². The summed E-state index contributed by atoms with van der Waals surface area (Å²) in [5.74, 6) is 0.00470. The predicted molar refractivity (Wildman–Crippen MR) is 84.0 cm³/mol. The minimum Gasteiger partial charge on any atom is -0.334 e. The summed E-state index contributed by atoms with van der Waals surface area (Å²) in [6.07, 6.45) is 11.0. The molecular weight excluding hydrogens is 292 g/mol. The highest BCUT2D eigenvalue weighted by atomic mass is 16.2. The summed E-state index contributed by atoms with van der Waals surface area (Å²) in [5.41, 5.74) is 2.31. The maximum atomic E-state index is 12.9. The van der Waals surface area contributed by atoms with E-state index in [9.17, 15) is 4.79 Å². The molecule has 118 valence electrons. The molecular formula is C16H18N6O. The number of hydrogen-bond donors (Lipinski definition) is 0. The second kappa shape index (κ2) is 5.49. The monoisotopic (exact) mass is 310 g/mol. The molecule has 1 atom stereocenters. The van der Waals surface area contributed by atoms with Crippen molar-refractivity contribution in [3.05, 3.63) is 48.2 Å². The Morgan fingerprint density at radius 1 is 1.35 bits per heavy atom. The molecule has 4 heterocycles. The van der Waals surface area contributed by atoms with Crippen molar-refractivity contribution in [3.63, 3.8) is 0 Å². The molecule has 1 amide bonds. The van der Waals surface area contributed by atoms with E-state index in [2.05, 4.69) is 15.2 Å².